The number of rotatable bonds is 3. The predicted molar refractivity (Wildman–Crippen MR) is 101 cm³/mol. The summed E-state index contributed by atoms with van der Waals surface area (Å²) in [7, 11) is 0. The summed E-state index contributed by atoms with van der Waals surface area (Å²) in [6.07, 6.45) is 1.51. The molecule has 26 heavy (non-hydrogen) atoms. The highest BCUT2D eigenvalue weighted by molar-refractivity contribution is 5.89. The minimum Gasteiger partial charge on any atom is -0.507 e. The van der Waals surface area contributed by atoms with Crippen LogP contribution in [0.4, 0.5) is 0 Å². The summed E-state index contributed by atoms with van der Waals surface area (Å²) in [6, 6.07) is 7.34. The Hall–Kier alpha value is -2.49. The topological polar surface area (TPSA) is 55.8 Å². The Bertz CT molecular complexity index is 852. The van der Waals surface area contributed by atoms with E-state index in [1.54, 1.807) is 12.1 Å². The van der Waals surface area contributed by atoms with E-state index in [9.17, 15) is 9.90 Å². The Balaban J connectivity index is 1.77. The van der Waals surface area contributed by atoms with Crippen LogP contribution < -0.4 is 4.74 Å². The highest BCUT2D eigenvalue weighted by Gasteiger charge is 2.36. The standard InChI is InChI=1S/C22H26O4/c1-13-6-8-17(9-7-13)21(24)25-12-22(5)11-10-18-16(4)19(23)14(2)15(3)20(18)26-22/h6-9,23H,10-12H2,1-5H3. The van der Waals surface area contributed by atoms with Crippen molar-refractivity contribution in [3.63, 3.8) is 0 Å². The molecule has 1 aliphatic rings. The minimum absolute atomic E-state index is 0.192. The molecule has 0 bridgehead atoms. The molecule has 0 amide bonds. The zero-order valence-electron chi connectivity index (χ0n) is 16.1. The van der Waals surface area contributed by atoms with E-state index >= 15 is 0 Å². The van der Waals surface area contributed by atoms with Crippen molar-refractivity contribution in [3.05, 3.63) is 57.6 Å². The van der Waals surface area contributed by atoms with E-state index in [0.29, 0.717) is 11.3 Å². The molecule has 0 radical (unpaired) electrons. The lowest BCUT2D eigenvalue weighted by Gasteiger charge is -2.37. The van der Waals surface area contributed by atoms with Crippen LogP contribution in [0.5, 0.6) is 11.5 Å². The summed E-state index contributed by atoms with van der Waals surface area (Å²) in [5, 5.41) is 10.3. The van der Waals surface area contributed by atoms with Gasteiger partial charge in [0.1, 0.15) is 23.7 Å². The molecule has 0 fully saturated rings. The number of ether oxygens (including phenoxy) is 2. The van der Waals surface area contributed by atoms with Gasteiger partial charge in [-0.3, -0.25) is 0 Å². The van der Waals surface area contributed by atoms with Crippen LogP contribution in [0.25, 0.3) is 0 Å². The van der Waals surface area contributed by atoms with Crippen LogP contribution in [-0.4, -0.2) is 23.3 Å². The van der Waals surface area contributed by atoms with Gasteiger partial charge < -0.3 is 14.6 Å². The maximum Gasteiger partial charge on any atom is 0.338 e. The van der Waals surface area contributed by atoms with Crippen LogP contribution in [-0.2, 0) is 11.2 Å². The molecular formula is C22H26O4. The van der Waals surface area contributed by atoms with E-state index in [4.69, 9.17) is 9.47 Å². The first-order valence-electron chi connectivity index (χ1n) is 8.96. The molecule has 0 aromatic heterocycles. The second kappa shape index (κ2) is 6.67. The molecule has 4 heteroatoms. The summed E-state index contributed by atoms with van der Waals surface area (Å²) >= 11 is 0. The number of carbonyl (C=O) groups is 1. The highest BCUT2D eigenvalue weighted by atomic mass is 16.6. The third-order valence-electron chi connectivity index (χ3n) is 5.39. The zero-order valence-corrected chi connectivity index (χ0v) is 16.1. The van der Waals surface area contributed by atoms with Gasteiger partial charge >= 0.3 is 5.97 Å². The Morgan fingerprint density at radius 1 is 1.12 bits per heavy atom. The molecule has 1 unspecified atom stereocenters. The Labute approximate surface area is 154 Å². The van der Waals surface area contributed by atoms with E-state index in [2.05, 4.69) is 0 Å². The molecule has 1 aliphatic heterocycles. The van der Waals surface area contributed by atoms with Gasteiger partial charge in [0.05, 0.1) is 5.56 Å². The van der Waals surface area contributed by atoms with Crippen molar-refractivity contribution in [3.8, 4) is 11.5 Å². The van der Waals surface area contributed by atoms with Gasteiger partial charge in [0.25, 0.3) is 0 Å². The van der Waals surface area contributed by atoms with Gasteiger partial charge in [0.2, 0.25) is 0 Å². The van der Waals surface area contributed by atoms with Crippen molar-refractivity contribution in [2.24, 2.45) is 0 Å². The Kier molecular flexibility index (Phi) is 4.70. The first kappa shape index (κ1) is 18.3. The number of hydrogen-bond donors (Lipinski definition) is 1. The third kappa shape index (κ3) is 3.28. The normalized spacial score (nSPS) is 18.8. The SMILES string of the molecule is Cc1ccc(C(=O)OCC2(C)CCc3c(C)c(O)c(C)c(C)c3O2)cc1. The van der Waals surface area contributed by atoms with E-state index in [-0.39, 0.29) is 12.6 Å². The lowest BCUT2D eigenvalue weighted by Crippen LogP contribution is -2.42. The molecule has 4 nitrogen and oxygen atoms in total. The molecule has 0 aliphatic carbocycles. The lowest BCUT2D eigenvalue weighted by molar-refractivity contribution is -0.0164. The van der Waals surface area contributed by atoms with Crippen molar-refractivity contribution >= 4 is 5.97 Å². The van der Waals surface area contributed by atoms with Crippen LogP contribution in [0.2, 0.25) is 0 Å². The third-order valence-corrected chi connectivity index (χ3v) is 5.39. The number of aryl methyl sites for hydroxylation is 1. The number of hydrogen-bond acceptors (Lipinski definition) is 4. The fraction of sp³-hybridized carbons (Fsp3) is 0.409. The van der Waals surface area contributed by atoms with Crippen molar-refractivity contribution in [1.82, 2.24) is 0 Å². The largest absolute Gasteiger partial charge is 0.507 e. The first-order valence-corrected chi connectivity index (χ1v) is 8.96. The van der Waals surface area contributed by atoms with Crippen molar-refractivity contribution in [1.29, 1.82) is 0 Å². The van der Waals surface area contributed by atoms with E-state index in [1.807, 2.05) is 46.8 Å². The number of esters is 1. The number of benzene rings is 2. The summed E-state index contributed by atoms with van der Waals surface area (Å²) < 4.78 is 11.8. The molecular weight excluding hydrogens is 328 g/mol. The molecule has 1 heterocycles. The van der Waals surface area contributed by atoms with Gasteiger partial charge in [0.15, 0.2) is 0 Å². The number of phenols is 1. The van der Waals surface area contributed by atoms with Gasteiger partial charge in [-0.05, 0) is 76.3 Å². The van der Waals surface area contributed by atoms with E-state index in [0.717, 1.165) is 46.4 Å². The second-order valence-corrected chi connectivity index (χ2v) is 7.53. The fourth-order valence-electron chi connectivity index (χ4n) is 3.39. The van der Waals surface area contributed by atoms with Crippen LogP contribution >= 0.6 is 0 Å². The molecule has 0 saturated carbocycles. The average molecular weight is 354 g/mol. The molecule has 0 saturated heterocycles. The number of phenolic OH excluding ortho intramolecular Hbond substituents is 1. The van der Waals surface area contributed by atoms with Gasteiger partial charge in [0, 0.05) is 5.56 Å². The van der Waals surface area contributed by atoms with Gasteiger partial charge in [-0.15, -0.1) is 0 Å². The van der Waals surface area contributed by atoms with Gasteiger partial charge in [-0.25, -0.2) is 4.79 Å². The van der Waals surface area contributed by atoms with Crippen molar-refractivity contribution < 1.29 is 19.4 Å². The number of fused-ring (bicyclic) bond motifs is 1. The van der Waals surface area contributed by atoms with Crippen molar-refractivity contribution in [2.75, 3.05) is 6.61 Å². The minimum atomic E-state index is -0.575. The smallest absolute Gasteiger partial charge is 0.338 e. The van der Waals surface area contributed by atoms with Crippen LogP contribution in [0, 0.1) is 27.7 Å². The average Bonchev–Trinajstić information content (AvgIpc) is 2.63. The lowest BCUT2D eigenvalue weighted by atomic mass is 9.87. The molecule has 1 atom stereocenters. The summed E-state index contributed by atoms with van der Waals surface area (Å²) in [6.45, 7) is 9.91. The molecule has 0 spiro atoms. The molecule has 3 rings (SSSR count). The fourth-order valence-corrected chi connectivity index (χ4v) is 3.39. The molecule has 1 N–H and O–H groups in total. The maximum absolute atomic E-state index is 12.3. The van der Waals surface area contributed by atoms with Crippen LogP contribution in [0.15, 0.2) is 24.3 Å². The Morgan fingerprint density at radius 2 is 1.77 bits per heavy atom. The highest BCUT2D eigenvalue weighted by Crippen LogP contribution is 2.43. The number of aromatic hydroxyl groups is 1. The quantitative estimate of drug-likeness (QED) is 0.821. The summed E-state index contributed by atoms with van der Waals surface area (Å²) in [4.78, 5) is 12.3. The van der Waals surface area contributed by atoms with E-state index in [1.165, 1.54) is 0 Å². The predicted octanol–water partition coefficient (Wildman–Crippen LogP) is 4.57. The van der Waals surface area contributed by atoms with Crippen LogP contribution in [0.1, 0.15) is 51.5 Å². The molecule has 2 aromatic rings. The van der Waals surface area contributed by atoms with E-state index < -0.39 is 5.60 Å². The second-order valence-electron chi connectivity index (χ2n) is 7.53. The first-order chi connectivity index (χ1) is 12.2. The zero-order chi connectivity index (χ0) is 19.1. The van der Waals surface area contributed by atoms with Gasteiger partial charge in [-0.1, -0.05) is 17.7 Å². The maximum atomic E-state index is 12.3. The van der Waals surface area contributed by atoms with Crippen LogP contribution in [0.3, 0.4) is 0 Å². The summed E-state index contributed by atoms with van der Waals surface area (Å²) in [5.41, 5.74) is 4.78. The molecule has 2 aromatic carbocycles. The summed E-state index contributed by atoms with van der Waals surface area (Å²) in [5.74, 6) is 0.826. The molecule has 138 valence electrons. The monoisotopic (exact) mass is 354 g/mol. The Morgan fingerprint density at radius 3 is 2.42 bits per heavy atom. The van der Waals surface area contributed by atoms with Crippen molar-refractivity contribution in [2.45, 2.75) is 53.1 Å². The van der Waals surface area contributed by atoms with Gasteiger partial charge in [-0.2, -0.15) is 0 Å². The number of carbonyl (C=O) groups excluding carboxylic acids is 1.